The van der Waals surface area contributed by atoms with Gasteiger partial charge in [-0.25, -0.2) is 5.43 Å². The highest BCUT2D eigenvalue weighted by Gasteiger charge is 2.18. The van der Waals surface area contributed by atoms with Gasteiger partial charge in [0.2, 0.25) is 0 Å². The zero-order valence-corrected chi connectivity index (χ0v) is 17.6. The molecule has 0 fully saturated rings. The summed E-state index contributed by atoms with van der Waals surface area (Å²) in [7, 11) is 0. The number of nitrogens with one attached hydrogen (secondary N) is 1. The van der Waals surface area contributed by atoms with E-state index in [1.807, 2.05) is 6.92 Å². The van der Waals surface area contributed by atoms with Crippen LogP contribution in [0.15, 0.2) is 68.6 Å². The third-order valence-corrected chi connectivity index (χ3v) is 4.49. The number of carbonyl (C=O) groups excluding carboxylic acids is 1. The summed E-state index contributed by atoms with van der Waals surface area (Å²) in [5.74, 6) is 0.973. The molecule has 0 aliphatic carbocycles. The molecule has 0 spiro atoms. The maximum atomic E-state index is 12.2. The van der Waals surface area contributed by atoms with Crippen LogP contribution in [0.1, 0.15) is 29.5 Å². The average Bonchev–Trinajstić information content (AvgIpc) is 3.21. The highest BCUT2D eigenvalue weighted by molar-refractivity contribution is 9.10. The highest BCUT2D eigenvalue weighted by atomic mass is 79.9. The molecular weight excluding hydrogens is 454 g/mol. The number of nitro benzene ring substituents is 1. The van der Waals surface area contributed by atoms with E-state index in [4.69, 9.17) is 9.15 Å². The summed E-state index contributed by atoms with van der Waals surface area (Å²) in [6, 6.07) is 14.6. The lowest BCUT2D eigenvalue weighted by atomic mass is 10.1. The molecule has 0 unspecified atom stereocenters. The molecule has 154 valence electrons. The van der Waals surface area contributed by atoms with Crippen molar-refractivity contribution in [1.82, 2.24) is 5.43 Å². The minimum absolute atomic E-state index is 0.0816. The van der Waals surface area contributed by atoms with Crippen molar-refractivity contribution in [2.75, 3.05) is 6.61 Å². The number of furan rings is 1. The molecule has 0 aliphatic rings. The first kappa shape index (κ1) is 21.3. The van der Waals surface area contributed by atoms with Gasteiger partial charge in [-0.1, -0.05) is 22.9 Å². The van der Waals surface area contributed by atoms with Crippen molar-refractivity contribution in [3.8, 4) is 17.1 Å². The molecule has 9 heteroatoms. The molecule has 0 atom stereocenters. The normalized spacial score (nSPS) is 10.9. The van der Waals surface area contributed by atoms with Crippen LogP contribution >= 0.6 is 15.9 Å². The van der Waals surface area contributed by atoms with Gasteiger partial charge in [0.15, 0.2) is 0 Å². The Labute approximate surface area is 180 Å². The number of benzene rings is 2. The Kier molecular flexibility index (Phi) is 6.97. The predicted octanol–water partition coefficient (Wildman–Crippen LogP) is 5.17. The van der Waals surface area contributed by atoms with E-state index in [1.165, 1.54) is 12.3 Å². The molecular formula is C21H18BrN3O5. The van der Waals surface area contributed by atoms with Gasteiger partial charge in [0.25, 0.3) is 11.6 Å². The molecule has 0 radical (unpaired) electrons. The van der Waals surface area contributed by atoms with E-state index in [9.17, 15) is 14.9 Å². The number of halogens is 1. The van der Waals surface area contributed by atoms with Crippen molar-refractivity contribution in [3.63, 3.8) is 0 Å². The van der Waals surface area contributed by atoms with E-state index >= 15 is 0 Å². The Morgan fingerprint density at radius 2 is 2.00 bits per heavy atom. The zero-order chi connectivity index (χ0) is 21.5. The number of amides is 1. The second-order valence-corrected chi connectivity index (χ2v) is 7.11. The standard InChI is InChI=1S/C21H18BrN3O5/c1-2-11-29-16-6-3-14(4-7-16)21(26)24-23-13-17-8-10-20(30-17)18-9-5-15(22)12-19(18)25(27)28/h3-10,12-13H,2,11H2,1H3,(H,24,26)/b23-13+. The molecule has 0 saturated carbocycles. The second-order valence-electron chi connectivity index (χ2n) is 6.19. The predicted molar refractivity (Wildman–Crippen MR) is 116 cm³/mol. The molecule has 1 heterocycles. The Bertz CT molecular complexity index is 1080. The monoisotopic (exact) mass is 471 g/mol. The molecule has 0 aliphatic heterocycles. The van der Waals surface area contributed by atoms with Gasteiger partial charge in [0.05, 0.1) is 23.3 Å². The summed E-state index contributed by atoms with van der Waals surface area (Å²) in [6.45, 7) is 2.63. The van der Waals surface area contributed by atoms with Crippen LogP contribution < -0.4 is 10.2 Å². The number of nitro groups is 1. The summed E-state index contributed by atoms with van der Waals surface area (Å²) in [4.78, 5) is 23.0. The molecule has 3 aromatic rings. The van der Waals surface area contributed by atoms with Crippen molar-refractivity contribution in [2.24, 2.45) is 5.10 Å². The van der Waals surface area contributed by atoms with E-state index in [-0.39, 0.29) is 11.6 Å². The first-order valence-electron chi connectivity index (χ1n) is 9.08. The topological polar surface area (TPSA) is 107 Å². The maximum Gasteiger partial charge on any atom is 0.281 e. The van der Waals surface area contributed by atoms with E-state index in [0.717, 1.165) is 6.42 Å². The van der Waals surface area contributed by atoms with Crippen molar-refractivity contribution in [2.45, 2.75) is 13.3 Å². The number of ether oxygens (including phenoxy) is 1. The van der Waals surface area contributed by atoms with Crippen LogP contribution in [0.4, 0.5) is 5.69 Å². The summed E-state index contributed by atoms with van der Waals surface area (Å²) < 4.78 is 11.7. The summed E-state index contributed by atoms with van der Waals surface area (Å²) in [5, 5.41) is 15.1. The van der Waals surface area contributed by atoms with Crippen LogP contribution in [-0.2, 0) is 0 Å². The summed E-state index contributed by atoms with van der Waals surface area (Å²) in [5.41, 5.74) is 3.11. The SMILES string of the molecule is CCCOc1ccc(C(=O)N/N=C/c2ccc(-c3ccc(Br)cc3[N+](=O)[O-])o2)cc1. The van der Waals surface area contributed by atoms with Crippen LogP contribution in [0.5, 0.6) is 5.75 Å². The minimum atomic E-state index is -0.477. The van der Waals surface area contributed by atoms with Gasteiger partial charge in [0, 0.05) is 16.1 Å². The minimum Gasteiger partial charge on any atom is -0.494 e. The Morgan fingerprint density at radius 1 is 1.23 bits per heavy atom. The third kappa shape index (κ3) is 5.32. The molecule has 2 aromatic carbocycles. The number of carbonyl (C=O) groups is 1. The molecule has 1 N–H and O–H groups in total. The van der Waals surface area contributed by atoms with Crippen LogP contribution in [0, 0.1) is 10.1 Å². The number of hydrogen-bond donors (Lipinski definition) is 1. The Balaban J connectivity index is 1.65. The fourth-order valence-electron chi connectivity index (χ4n) is 2.57. The van der Waals surface area contributed by atoms with Gasteiger partial charge >= 0.3 is 0 Å². The maximum absolute atomic E-state index is 12.2. The number of nitrogens with zero attached hydrogens (tertiary/aromatic N) is 2. The van der Waals surface area contributed by atoms with Crippen LogP contribution in [0.2, 0.25) is 0 Å². The van der Waals surface area contributed by atoms with E-state index in [0.29, 0.717) is 39.5 Å². The van der Waals surface area contributed by atoms with Gasteiger partial charge in [-0.05, 0) is 55.0 Å². The smallest absolute Gasteiger partial charge is 0.281 e. The van der Waals surface area contributed by atoms with Crippen molar-refractivity contribution in [3.05, 3.63) is 80.5 Å². The third-order valence-electron chi connectivity index (χ3n) is 4.00. The first-order chi connectivity index (χ1) is 14.5. The average molecular weight is 472 g/mol. The van der Waals surface area contributed by atoms with Gasteiger partial charge in [-0.15, -0.1) is 0 Å². The molecule has 0 saturated heterocycles. The largest absolute Gasteiger partial charge is 0.494 e. The van der Waals surface area contributed by atoms with E-state index in [1.54, 1.807) is 48.5 Å². The molecule has 1 aromatic heterocycles. The molecule has 3 rings (SSSR count). The lowest BCUT2D eigenvalue weighted by Crippen LogP contribution is -2.17. The quantitative estimate of drug-likeness (QED) is 0.277. The lowest BCUT2D eigenvalue weighted by Gasteiger charge is -2.05. The van der Waals surface area contributed by atoms with Gasteiger partial charge in [0.1, 0.15) is 17.3 Å². The summed E-state index contributed by atoms with van der Waals surface area (Å²) >= 11 is 3.22. The molecule has 1 amide bonds. The highest BCUT2D eigenvalue weighted by Crippen LogP contribution is 2.33. The zero-order valence-electron chi connectivity index (χ0n) is 16.0. The van der Waals surface area contributed by atoms with E-state index < -0.39 is 4.92 Å². The van der Waals surface area contributed by atoms with Crippen LogP contribution in [0.25, 0.3) is 11.3 Å². The Hall–Kier alpha value is -3.46. The van der Waals surface area contributed by atoms with Crippen molar-refractivity contribution < 1.29 is 18.9 Å². The molecule has 30 heavy (non-hydrogen) atoms. The number of hydrogen-bond acceptors (Lipinski definition) is 6. The first-order valence-corrected chi connectivity index (χ1v) is 9.87. The van der Waals surface area contributed by atoms with Gasteiger partial charge in [-0.3, -0.25) is 14.9 Å². The van der Waals surface area contributed by atoms with Crippen LogP contribution in [-0.4, -0.2) is 23.7 Å². The second kappa shape index (κ2) is 9.84. The molecule has 8 nitrogen and oxygen atoms in total. The van der Waals surface area contributed by atoms with Crippen LogP contribution in [0.3, 0.4) is 0 Å². The lowest BCUT2D eigenvalue weighted by molar-refractivity contribution is -0.384. The van der Waals surface area contributed by atoms with Gasteiger partial charge in [-0.2, -0.15) is 5.10 Å². The Morgan fingerprint density at radius 3 is 2.70 bits per heavy atom. The number of hydrazone groups is 1. The molecule has 0 bridgehead atoms. The number of rotatable bonds is 8. The fraction of sp³-hybridized carbons (Fsp3) is 0.143. The fourth-order valence-corrected chi connectivity index (χ4v) is 2.92. The van der Waals surface area contributed by atoms with Gasteiger partial charge < -0.3 is 9.15 Å². The summed E-state index contributed by atoms with van der Waals surface area (Å²) in [6.07, 6.45) is 2.23. The van der Waals surface area contributed by atoms with E-state index in [2.05, 4.69) is 26.5 Å². The van der Waals surface area contributed by atoms with Crippen molar-refractivity contribution >= 4 is 33.7 Å². The van der Waals surface area contributed by atoms with Crippen molar-refractivity contribution in [1.29, 1.82) is 0 Å².